The maximum atomic E-state index is 11.9. The number of sulfone groups is 1. The molecule has 96 valence electrons. The van der Waals surface area contributed by atoms with Crippen LogP contribution in [-0.4, -0.2) is 25.4 Å². The van der Waals surface area contributed by atoms with E-state index in [0.29, 0.717) is 4.90 Å². The lowest BCUT2D eigenvalue weighted by molar-refractivity contribution is 0.284. The van der Waals surface area contributed by atoms with Crippen LogP contribution in [0.3, 0.4) is 0 Å². The average Bonchev–Trinajstić information content (AvgIpc) is 2.30. The first kappa shape index (κ1) is 14.2. The van der Waals surface area contributed by atoms with Gasteiger partial charge in [0.25, 0.3) is 0 Å². The van der Waals surface area contributed by atoms with Crippen molar-refractivity contribution in [2.75, 3.05) is 6.61 Å². The van der Waals surface area contributed by atoms with E-state index in [1.54, 1.807) is 26.0 Å². The molecule has 0 aliphatic rings. The monoisotopic (exact) mass is 256 g/mol. The van der Waals surface area contributed by atoms with Crippen molar-refractivity contribution >= 4 is 9.84 Å². The molecule has 1 aromatic rings. The Morgan fingerprint density at radius 2 is 1.71 bits per heavy atom. The summed E-state index contributed by atoms with van der Waals surface area (Å²) in [6, 6.07) is 7.05. The molecule has 4 heteroatoms. The highest BCUT2D eigenvalue weighted by atomic mass is 32.2. The largest absolute Gasteiger partial charge is 0.396 e. The van der Waals surface area contributed by atoms with Crippen LogP contribution >= 0.6 is 0 Å². The van der Waals surface area contributed by atoms with Crippen LogP contribution in [0.25, 0.3) is 0 Å². The molecule has 1 aromatic carbocycles. The molecule has 1 rings (SSSR count). The van der Waals surface area contributed by atoms with Crippen LogP contribution < -0.4 is 0 Å². The second-order valence-electron chi connectivity index (χ2n) is 4.42. The standard InChI is InChI=1S/C13H20O3S/c1-11(2)17(15,16)13-8-6-12(7-9-13)5-3-4-10-14/h6-9,11,14H,3-5,10H2,1-2H3. The first-order valence-electron chi connectivity index (χ1n) is 5.92. The Labute approximate surface area is 103 Å². The van der Waals surface area contributed by atoms with Crippen molar-refractivity contribution in [1.29, 1.82) is 0 Å². The Hall–Kier alpha value is -0.870. The van der Waals surface area contributed by atoms with Gasteiger partial charge in [0.05, 0.1) is 10.1 Å². The van der Waals surface area contributed by atoms with Crippen molar-refractivity contribution in [3.8, 4) is 0 Å². The lowest BCUT2D eigenvalue weighted by atomic mass is 10.1. The molecule has 0 unspecified atom stereocenters. The highest BCUT2D eigenvalue weighted by molar-refractivity contribution is 7.92. The molecule has 0 atom stereocenters. The van der Waals surface area contributed by atoms with Gasteiger partial charge < -0.3 is 5.11 Å². The number of aliphatic hydroxyl groups excluding tert-OH is 1. The van der Waals surface area contributed by atoms with Gasteiger partial charge in [0.15, 0.2) is 9.84 Å². The van der Waals surface area contributed by atoms with Gasteiger partial charge in [-0.25, -0.2) is 8.42 Å². The Kier molecular flexibility index (Phi) is 5.15. The van der Waals surface area contributed by atoms with Gasteiger partial charge in [-0.1, -0.05) is 12.1 Å². The number of aryl methyl sites for hydroxylation is 1. The van der Waals surface area contributed by atoms with E-state index in [9.17, 15) is 8.42 Å². The second-order valence-corrected chi connectivity index (χ2v) is 6.92. The topological polar surface area (TPSA) is 54.4 Å². The molecule has 0 aliphatic heterocycles. The van der Waals surface area contributed by atoms with Gasteiger partial charge in [-0.3, -0.25) is 0 Å². The van der Waals surface area contributed by atoms with E-state index in [1.807, 2.05) is 12.1 Å². The van der Waals surface area contributed by atoms with E-state index in [1.165, 1.54) is 0 Å². The summed E-state index contributed by atoms with van der Waals surface area (Å²) >= 11 is 0. The Morgan fingerprint density at radius 3 is 2.18 bits per heavy atom. The molecule has 0 aromatic heterocycles. The van der Waals surface area contributed by atoms with Crippen LogP contribution in [0, 0.1) is 0 Å². The van der Waals surface area contributed by atoms with Crippen LogP contribution in [0.15, 0.2) is 29.2 Å². The number of hydrogen-bond donors (Lipinski definition) is 1. The molecule has 0 bridgehead atoms. The first-order valence-corrected chi connectivity index (χ1v) is 7.47. The Morgan fingerprint density at radius 1 is 1.12 bits per heavy atom. The number of hydrogen-bond acceptors (Lipinski definition) is 3. The molecule has 1 N–H and O–H groups in total. The molecule has 3 nitrogen and oxygen atoms in total. The smallest absolute Gasteiger partial charge is 0.180 e. The van der Waals surface area contributed by atoms with Crippen molar-refractivity contribution in [2.45, 2.75) is 43.3 Å². The summed E-state index contributed by atoms with van der Waals surface area (Å²) in [4.78, 5) is 0.387. The number of unbranched alkanes of at least 4 members (excludes halogenated alkanes) is 1. The minimum atomic E-state index is -3.16. The molecule has 0 amide bonds. The third-order valence-electron chi connectivity index (χ3n) is 2.75. The number of aliphatic hydroxyl groups is 1. The predicted octanol–water partition coefficient (Wildman–Crippen LogP) is 2.18. The minimum absolute atomic E-state index is 0.208. The first-order chi connectivity index (χ1) is 7.98. The molecule has 0 heterocycles. The molecule has 0 saturated heterocycles. The molecule has 0 spiro atoms. The zero-order chi connectivity index (χ0) is 12.9. The van der Waals surface area contributed by atoms with E-state index in [0.717, 1.165) is 24.8 Å². The molecule has 0 fully saturated rings. The number of rotatable bonds is 6. The summed E-state index contributed by atoms with van der Waals surface area (Å²) in [6.07, 6.45) is 2.58. The molecular formula is C13H20O3S. The zero-order valence-corrected chi connectivity index (χ0v) is 11.2. The van der Waals surface area contributed by atoms with Crippen LogP contribution in [0.5, 0.6) is 0 Å². The van der Waals surface area contributed by atoms with Crippen molar-refractivity contribution in [1.82, 2.24) is 0 Å². The summed E-state index contributed by atoms with van der Waals surface area (Å²) in [5.74, 6) is 0. The zero-order valence-electron chi connectivity index (χ0n) is 10.4. The van der Waals surface area contributed by atoms with Gasteiger partial charge in [0.2, 0.25) is 0 Å². The highest BCUT2D eigenvalue weighted by Crippen LogP contribution is 2.17. The summed E-state index contributed by atoms with van der Waals surface area (Å²) in [6.45, 7) is 3.58. The van der Waals surface area contributed by atoms with Crippen LogP contribution in [0.2, 0.25) is 0 Å². The minimum Gasteiger partial charge on any atom is -0.396 e. The summed E-state index contributed by atoms with van der Waals surface area (Å²) in [7, 11) is -3.16. The van der Waals surface area contributed by atoms with Crippen LogP contribution in [0.1, 0.15) is 32.3 Å². The van der Waals surface area contributed by atoms with Crippen molar-refractivity contribution in [3.05, 3.63) is 29.8 Å². The molecule has 0 saturated carbocycles. The fraction of sp³-hybridized carbons (Fsp3) is 0.538. The van der Waals surface area contributed by atoms with Gasteiger partial charge in [0, 0.05) is 6.61 Å². The van der Waals surface area contributed by atoms with Crippen molar-refractivity contribution in [2.24, 2.45) is 0 Å². The SMILES string of the molecule is CC(C)S(=O)(=O)c1ccc(CCCCO)cc1. The maximum absolute atomic E-state index is 11.9. The summed E-state index contributed by atoms with van der Waals surface area (Å²) in [5, 5.41) is 8.29. The second kappa shape index (κ2) is 6.17. The lowest BCUT2D eigenvalue weighted by Gasteiger charge is -2.08. The molecule has 17 heavy (non-hydrogen) atoms. The fourth-order valence-electron chi connectivity index (χ4n) is 1.56. The van der Waals surface area contributed by atoms with Gasteiger partial charge >= 0.3 is 0 Å². The number of benzene rings is 1. The van der Waals surface area contributed by atoms with E-state index in [4.69, 9.17) is 5.11 Å². The van der Waals surface area contributed by atoms with Crippen LogP contribution in [0.4, 0.5) is 0 Å². The quantitative estimate of drug-likeness (QED) is 0.794. The maximum Gasteiger partial charge on any atom is 0.180 e. The van der Waals surface area contributed by atoms with Gasteiger partial charge in [-0.15, -0.1) is 0 Å². The Balaban J connectivity index is 2.75. The van der Waals surface area contributed by atoms with Crippen molar-refractivity contribution < 1.29 is 13.5 Å². The van der Waals surface area contributed by atoms with Crippen molar-refractivity contribution in [3.63, 3.8) is 0 Å². The van der Waals surface area contributed by atoms with Gasteiger partial charge in [0.1, 0.15) is 0 Å². The van der Waals surface area contributed by atoms with E-state index in [-0.39, 0.29) is 11.9 Å². The van der Waals surface area contributed by atoms with E-state index >= 15 is 0 Å². The normalized spacial score (nSPS) is 12.0. The van der Waals surface area contributed by atoms with Gasteiger partial charge in [-0.05, 0) is 50.8 Å². The van der Waals surface area contributed by atoms with E-state index < -0.39 is 9.84 Å². The highest BCUT2D eigenvalue weighted by Gasteiger charge is 2.18. The van der Waals surface area contributed by atoms with Gasteiger partial charge in [-0.2, -0.15) is 0 Å². The van der Waals surface area contributed by atoms with Crippen LogP contribution in [-0.2, 0) is 16.3 Å². The Bertz CT molecular complexity index is 432. The lowest BCUT2D eigenvalue weighted by Crippen LogP contribution is -2.13. The average molecular weight is 256 g/mol. The molecule has 0 aliphatic carbocycles. The predicted molar refractivity (Wildman–Crippen MR) is 68.8 cm³/mol. The summed E-state index contributed by atoms with van der Waals surface area (Å²) in [5.41, 5.74) is 1.11. The third kappa shape index (κ3) is 3.82. The van der Waals surface area contributed by atoms with E-state index in [2.05, 4.69) is 0 Å². The summed E-state index contributed by atoms with van der Waals surface area (Å²) < 4.78 is 23.7. The molecule has 0 radical (unpaired) electrons. The third-order valence-corrected chi connectivity index (χ3v) is 4.92. The molecular weight excluding hydrogens is 236 g/mol. The fourth-order valence-corrected chi connectivity index (χ4v) is 2.62.